The van der Waals surface area contributed by atoms with Crippen molar-refractivity contribution in [1.82, 2.24) is 0 Å². The van der Waals surface area contributed by atoms with E-state index >= 15 is 0 Å². The SMILES string of the molecule is CCOC(=O)CC(N)c1cccc(C2CC2)c1. The van der Waals surface area contributed by atoms with Gasteiger partial charge >= 0.3 is 5.97 Å². The summed E-state index contributed by atoms with van der Waals surface area (Å²) in [6.45, 7) is 2.21. The van der Waals surface area contributed by atoms with Crippen LogP contribution in [-0.4, -0.2) is 12.6 Å². The third kappa shape index (κ3) is 3.30. The molecule has 2 N–H and O–H groups in total. The molecule has 3 nitrogen and oxygen atoms in total. The van der Waals surface area contributed by atoms with Crippen LogP contribution in [0.4, 0.5) is 0 Å². The van der Waals surface area contributed by atoms with Gasteiger partial charge in [0, 0.05) is 6.04 Å². The Bertz CT molecular complexity index is 399. The van der Waals surface area contributed by atoms with Crippen LogP contribution >= 0.6 is 0 Å². The second-order valence-corrected chi connectivity index (χ2v) is 4.56. The largest absolute Gasteiger partial charge is 0.466 e. The number of esters is 1. The lowest BCUT2D eigenvalue weighted by Gasteiger charge is -2.12. The van der Waals surface area contributed by atoms with E-state index in [1.54, 1.807) is 6.92 Å². The first-order chi connectivity index (χ1) is 8.20. The fraction of sp³-hybridized carbons (Fsp3) is 0.500. The zero-order chi connectivity index (χ0) is 12.3. The normalized spacial score (nSPS) is 16.6. The number of carbonyl (C=O) groups excluding carboxylic acids is 1. The van der Waals surface area contributed by atoms with Crippen molar-refractivity contribution in [2.24, 2.45) is 5.73 Å². The highest BCUT2D eigenvalue weighted by molar-refractivity contribution is 5.70. The molecule has 1 atom stereocenters. The molecule has 0 bridgehead atoms. The number of carbonyl (C=O) groups is 1. The van der Waals surface area contributed by atoms with Crippen LogP contribution in [0.1, 0.15) is 49.3 Å². The number of rotatable bonds is 5. The Kier molecular flexibility index (Phi) is 3.79. The second kappa shape index (κ2) is 5.32. The monoisotopic (exact) mass is 233 g/mol. The molecule has 0 aliphatic heterocycles. The molecule has 17 heavy (non-hydrogen) atoms. The van der Waals surface area contributed by atoms with Crippen LogP contribution in [0.25, 0.3) is 0 Å². The molecule has 2 rings (SSSR count). The molecule has 1 aliphatic carbocycles. The van der Waals surface area contributed by atoms with Gasteiger partial charge in [-0.2, -0.15) is 0 Å². The number of benzene rings is 1. The number of nitrogens with two attached hydrogens (primary N) is 1. The lowest BCUT2D eigenvalue weighted by atomic mass is 10.0. The van der Waals surface area contributed by atoms with E-state index in [9.17, 15) is 4.79 Å². The molecule has 1 aromatic carbocycles. The standard InChI is InChI=1S/C14H19NO2/c1-2-17-14(16)9-13(15)12-5-3-4-11(8-12)10-6-7-10/h3-5,8,10,13H,2,6-7,9,15H2,1H3. The molecule has 0 amide bonds. The molecule has 1 unspecified atom stereocenters. The van der Waals surface area contributed by atoms with Crippen LogP contribution in [0.3, 0.4) is 0 Å². The van der Waals surface area contributed by atoms with Crippen LogP contribution < -0.4 is 5.73 Å². The van der Waals surface area contributed by atoms with Crippen molar-refractivity contribution in [3.63, 3.8) is 0 Å². The van der Waals surface area contributed by atoms with E-state index in [0.717, 1.165) is 5.56 Å². The van der Waals surface area contributed by atoms with E-state index in [0.29, 0.717) is 12.5 Å². The summed E-state index contributed by atoms with van der Waals surface area (Å²) in [6.07, 6.45) is 2.80. The minimum absolute atomic E-state index is 0.225. The van der Waals surface area contributed by atoms with Gasteiger partial charge in [-0.15, -0.1) is 0 Å². The minimum atomic E-state index is -0.257. The molecule has 1 aromatic rings. The summed E-state index contributed by atoms with van der Waals surface area (Å²) in [5, 5.41) is 0. The van der Waals surface area contributed by atoms with Crippen molar-refractivity contribution in [2.75, 3.05) is 6.61 Å². The quantitative estimate of drug-likeness (QED) is 0.795. The summed E-state index contributed by atoms with van der Waals surface area (Å²) in [5.74, 6) is 0.488. The third-order valence-corrected chi connectivity index (χ3v) is 3.08. The zero-order valence-corrected chi connectivity index (χ0v) is 10.2. The smallest absolute Gasteiger partial charge is 0.307 e. The molecule has 92 valence electrons. The van der Waals surface area contributed by atoms with Gasteiger partial charge in [0.2, 0.25) is 0 Å². The number of hydrogen-bond donors (Lipinski definition) is 1. The fourth-order valence-electron chi connectivity index (χ4n) is 1.98. The van der Waals surface area contributed by atoms with E-state index in [1.165, 1.54) is 18.4 Å². The molecular formula is C14H19NO2. The Morgan fingerprint density at radius 3 is 2.94 bits per heavy atom. The van der Waals surface area contributed by atoms with Gasteiger partial charge in [0.25, 0.3) is 0 Å². The van der Waals surface area contributed by atoms with E-state index in [1.807, 2.05) is 12.1 Å². The Balaban J connectivity index is 2.00. The van der Waals surface area contributed by atoms with Gasteiger partial charge in [-0.05, 0) is 36.8 Å². The van der Waals surface area contributed by atoms with Crippen molar-refractivity contribution in [3.05, 3.63) is 35.4 Å². The molecule has 0 spiro atoms. The van der Waals surface area contributed by atoms with Gasteiger partial charge in [0.05, 0.1) is 13.0 Å². The van der Waals surface area contributed by atoms with E-state index < -0.39 is 0 Å². The molecule has 0 aromatic heterocycles. The van der Waals surface area contributed by atoms with Gasteiger partial charge in [-0.3, -0.25) is 4.79 Å². The Labute approximate surface area is 102 Å². The van der Waals surface area contributed by atoms with Gasteiger partial charge < -0.3 is 10.5 Å². The summed E-state index contributed by atoms with van der Waals surface area (Å²) in [5.41, 5.74) is 8.39. The topological polar surface area (TPSA) is 52.3 Å². The average molecular weight is 233 g/mol. The van der Waals surface area contributed by atoms with Gasteiger partial charge in [-0.25, -0.2) is 0 Å². The maximum absolute atomic E-state index is 11.4. The van der Waals surface area contributed by atoms with Crippen LogP contribution in [0.15, 0.2) is 24.3 Å². The van der Waals surface area contributed by atoms with Crippen molar-refractivity contribution >= 4 is 5.97 Å². The molecule has 1 aliphatic rings. The van der Waals surface area contributed by atoms with E-state index in [-0.39, 0.29) is 18.4 Å². The average Bonchev–Trinajstić information content (AvgIpc) is 3.13. The Hall–Kier alpha value is -1.35. The van der Waals surface area contributed by atoms with Crippen molar-refractivity contribution in [2.45, 2.75) is 38.1 Å². The Morgan fingerprint density at radius 2 is 2.29 bits per heavy atom. The molecule has 1 fully saturated rings. The minimum Gasteiger partial charge on any atom is -0.466 e. The zero-order valence-electron chi connectivity index (χ0n) is 10.2. The summed E-state index contributed by atoms with van der Waals surface area (Å²) in [4.78, 5) is 11.4. The van der Waals surface area contributed by atoms with Gasteiger partial charge in [0.1, 0.15) is 0 Å². The summed E-state index contributed by atoms with van der Waals surface area (Å²) in [7, 11) is 0. The second-order valence-electron chi connectivity index (χ2n) is 4.56. The first-order valence-corrected chi connectivity index (χ1v) is 6.21. The molecule has 3 heteroatoms. The van der Waals surface area contributed by atoms with E-state index in [4.69, 9.17) is 10.5 Å². The van der Waals surface area contributed by atoms with Gasteiger partial charge in [-0.1, -0.05) is 24.3 Å². The fourth-order valence-corrected chi connectivity index (χ4v) is 1.98. The van der Waals surface area contributed by atoms with Crippen molar-refractivity contribution in [3.8, 4) is 0 Å². The van der Waals surface area contributed by atoms with Crippen LogP contribution in [0.2, 0.25) is 0 Å². The predicted molar refractivity (Wildman–Crippen MR) is 66.6 cm³/mol. The first kappa shape index (κ1) is 12.1. The summed E-state index contributed by atoms with van der Waals surface area (Å²) < 4.78 is 4.91. The molecular weight excluding hydrogens is 214 g/mol. The molecule has 0 heterocycles. The Morgan fingerprint density at radius 1 is 1.53 bits per heavy atom. The molecule has 0 saturated heterocycles. The number of hydrogen-bond acceptors (Lipinski definition) is 3. The summed E-state index contributed by atoms with van der Waals surface area (Å²) >= 11 is 0. The van der Waals surface area contributed by atoms with E-state index in [2.05, 4.69) is 12.1 Å². The lowest BCUT2D eigenvalue weighted by molar-refractivity contribution is -0.143. The molecule has 1 saturated carbocycles. The van der Waals surface area contributed by atoms with Crippen LogP contribution in [0.5, 0.6) is 0 Å². The third-order valence-electron chi connectivity index (χ3n) is 3.08. The maximum atomic E-state index is 11.4. The maximum Gasteiger partial charge on any atom is 0.307 e. The van der Waals surface area contributed by atoms with Crippen molar-refractivity contribution < 1.29 is 9.53 Å². The first-order valence-electron chi connectivity index (χ1n) is 6.21. The molecule has 0 radical (unpaired) electrons. The highest BCUT2D eigenvalue weighted by Crippen LogP contribution is 2.40. The number of ether oxygens (including phenoxy) is 1. The lowest BCUT2D eigenvalue weighted by Crippen LogP contribution is -2.17. The predicted octanol–water partition coefficient (Wildman–Crippen LogP) is 2.52. The highest BCUT2D eigenvalue weighted by Gasteiger charge is 2.24. The van der Waals surface area contributed by atoms with Crippen LogP contribution in [-0.2, 0) is 9.53 Å². The summed E-state index contributed by atoms with van der Waals surface area (Å²) in [6, 6.07) is 8.01. The van der Waals surface area contributed by atoms with Crippen molar-refractivity contribution in [1.29, 1.82) is 0 Å². The van der Waals surface area contributed by atoms with Gasteiger partial charge in [0.15, 0.2) is 0 Å². The van der Waals surface area contributed by atoms with Crippen LogP contribution in [0, 0.1) is 0 Å². The highest BCUT2D eigenvalue weighted by atomic mass is 16.5.